The molecule has 29 heavy (non-hydrogen) atoms. The van der Waals surface area contributed by atoms with Crippen LogP contribution in [0.2, 0.25) is 0 Å². The van der Waals surface area contributed by atoms with Gasteiger partial charge < -0.3 is 9.64 Å². The van der Waals surface area contributed by atoms with Crippen LogP contribution in [0.15, 0.2) is 59.6 Å². The Labute approximate surface area is 174 Å². The summed E-state index contributed by atoms with van der Waals surface area (Å²) >= 11 is 1.38. The number of amides is 1. The number of hydrogen-bond donors (Lipinski definition) is 0. The largest absolute Gasteiger partial charge is 0.494 e. The van der Waals surface area contributed by atoms with E-state index in [1.54, 1.807) is 0 Å². The van der Waals surface area contributed by atoms with Crippen molar-refractivity contribution in [1.82, 2.24) is 0 Å². The number of aliphatic imine (C=N–C) groups is 1. The summed E-state index contributed by atoms with van der Waals surface area (Å²) in [5.41, 5.74) is 1.72. The standard InChI is InChI=1S/C21H22N2O4S2/c1-2-27-17-10-8-16(9-11-17)23-18-13-29(25,26)14-19(18)28-21(23)22-20(24)12-15-6-4-3-5-7-15/h3-11,18-19H,2,12-14H2,1H3/t18-,19-/m0/s1. The van der Waals surface area contributed by atoms with E-state index >= 15 is 0 Å². The molecule has 2 aliphatic rings. The third-order valence-corrected chi connectivity index (χ3v) is 8.12. The summed E-state index contributed by atoms with van der Waals surface area (Å²) in [6.45, 7) is 2.49. The third kappa shape index (κ3) is 4.48. The maximum absolute atomic E-state index is 12.6. The van der Waals surface area contributed by atoms with Crippen molar-refractivity contribution < 1.29 is 17.9 Å². The van der Waals surface area contributed by atoms with Gasteiger partial charge in [-0.25, -0.2) is 8.42 Å². The second-order valence-electron chi connectivity index (χ2n) is 7.05. The summed E-state index contributed by atoms with van der Waals surface area (Å²) in [6.07, 6.45) is 0.218. The fourth-order valence-electron chi connectivity index (χ4n) is 3.65. The van der Waals surface area contributed by atoms with Crippen molar-refractivity contribution in [2.24, 2.45) is 4.99 Å². The number of carbonyl (C=O) groups is 1. The Balaban J connectivity index is 1.62. The van der Waals surface area contributed by atoms with Crippen molar-refractivity contribution in [2.75, 3.05) is 23.0 Å². The van der Waals surface area contributed by atoms with Crippen LogP contribution in [-0.4, -0.2) is 48.9 Å². The molecule has 2 atom stereocenters. The zero-order chi connectivity index (χ0) is 20.4. The quantitative estimate of drug-likeness (QED) is 0.726. The van der Waals surface area contributed by atoms with Crippen molar-refractivity contribution >= 4 is 38.4 Å². The predicted molar refractivity (Wildman–Crippen MR) is 116 cm³/mol. The van der Waals surface area contributed by atoms with Crippen LogP contribution < -0.4 is 9.64 Å². The molecule has 0 aromatic heterocycles. The molecule has 2 aromatic rings. The maximum atomic E-state index is 12.6. The highest BCUT2D eigenvalue weighted by Gasteiger charge is 2.49. The van der Waals surface area contributed by atoms with Crippen LogP contribution >= 0.6 is 11.8 Å². The average molecular weight is 431 g/mol. The van der Waals surface area contributed by atoms with Crippen LogP contribution in [0.3, 0.4) is 0 Å². The minimum absolute atomic E-state index is 0.0732. The molecule has 2 heterocycles. The zero-order valence-electron chi connectivity index (χ0n) is 16.0. The van der Waals surface area contributed by atoms with Gasteiger partial charge in [0.2, 0.25) is 0 Å². The summed E-state index contributed by atoms with van der Waals surface area (Å²) in [6, 6.07) is 16.7. The lowest BCUT2D eigenvalue weighted by Gasteiger charge is -2.24. The Morgan fingerprint density at radius 2 is 1.86 bits per heavy atom. The third-order valence-electron chi connectivity index (χ3n) is 4.91. The molecular formula is C21H22N2O4S2. The highest BCUT2D eigenvalue weighted by Crippen LogP contribution is 2.41. The van der Waals surface area contributed by atoms with E-state index in [2.05, 4.69) is 4.99 Å². The van der Waals surface area contributed by atoms with Gasteiger partial charge >= 0.3 is 0 Å². The first-order chi connectivity index (χ1) is 13.9. The number of hydrogen-bond acceptors (Lipinski definition) is 5. The van der Waals surface area contributed by atoms with E-state index in [9.17, 15) is 13.2 Å². The molecule has 4 rings (SSSR count). The van der Waals surface area contributed by atoms with Crippen LogP contribution in [0.1, 0.15) is 12.5 Å². The van der Waals surface area contributed by atoms with Crippen molar-refractivity contribution in [3.63, 3.8) is 0 Å². The van der Waals surface area contributed by atoms with Crippen LogP contribution in [0.25, 0.3) is 0 Å². The first kappa shape index (κ1) is 20.0. The number of amidine groups is 1. The summed E-state index contributed by atoms with van der Waals surface area (Å²) in [5, 5.41) is 0.454. The zero-order valence-corrected chi connectivity index (χ0v) is 17.7. The molecule has 152 valence electrons. The first-order valence-electron chi connectivity index (χ1n) is 9.50. The number of sulfone groups is 1. The van der Waals surface area contributed by atoms with Crippen LogP contribution in [0.4, 0.5) is 5.69 Å². The molecular weight excluding hydrogens is 408 g/mol. The number of carbonyl (C=O) groups excluding carboxylic acids is 1. The summed E-state index contributed by atoms with van der Waals surface area (Å²) in [7, 11) is -3.09. The molecule has 0 saturated carbocycles. The molecule has 0 radical (unpaired) electrons. The Kier molecular flexibility index (Phi) is 5.65. The Hall–Kier alpha value is -2.32. The molecule has 0 unspecified atom stereocenters. The van der Waals surface area contributed by atoms with Crippen molar-refractivity contribution in [1.29, 1.82) is 0 Å². The molecule has 8 heteroatoms. The van der Waals surface area contributed by atoms with Crippen LogP contribution in [0.5, 0.6) is 5.75 Å². The molecule has 2 fully saturated rings. The summed E-state index contributed by atoms with van der Waals surface area (Å²) < 4.78 is 29.8. The van der Waals surface area contributed by atoms with Gasteiger partial charge in [0, 0.05) is 10.9 Å². The Morgan fingerprint density at radius 3 is 2.55 bits per heavy atom. The number of fused-ring (bicyclic) bond motifs is 1. The summed E-state index contributed by atoms with van der Waals surface area (Å²) in [5.74, 6) is 0.695. The molecule has 1 amide bonds. The normalized spacial score (nSPS) is 23.9. The van der Waals surface area contributed by atoms with Crippen LogP contribution in [-0.2, 0) is 21.1 Å². The van der Waals surface area contributed by atoms with E-state index in [0.717, 1.165) is 17.0 Å². The maximum Gasteiger partial charge on any atom is 0.252 e. The minimum Gasteiger partial charge on any atom is -0.494 e. The second kappa shape index (κ2) is 8.20. The molecule has 2 aromatic carbocycles. The summed E-state index contributed by atoms with van der Waals surface area (Å²) in [4.78, 5) is 18.8. The molecule has 2 saturated heterocycles. The Morgan fingerprint density at radius 1 is 1.14 bits per heavy atom. The molecule has 0 bridgehead atoms. The van der Waals surface area contributed by atoms with Gasteiger partial charge in [0.05, 0.1) is 30.6 Å². The van der Waals surface area contributed by atoms with Crippen molar-refractivity contribution in [2.45, 2.75) is 24.6 Å². The van der Waals surface area contributed by atoms with Gasteiger partial charge in [-0.3, -0.25) is 4.79 Å². The van der Waals surface area contributed by atoms with Gasteiger partial charge in [-0.2, -0.15) is 4.99 Å². The Bertz CT molecular complexity index is 1020. The minimum atomic E-state index is -3.09. The van der Waals surface area contributed by atoms with E-state index in [1.807, 2.05) is 66.4 Å². The lowest BCUT2D eigenvalue weighted by atomic mass is 10.1. The van der Waals surface area contributed by atoms with Gasteiger partial charge in [-0.1, -0.05) is 42.1 Å². The lowest BCUT2D eigenvalue weighted by Crippen LogP contribution is -2.37. The van der Waals surface area contributed by atoms with E-state index in [0.29, 0.717) is 11.8 Å². The number of thioether (sulfide) groups is 1. The topological polar surface area (TPSA) is 76.0 Å². The van der Waals surface area contributed by atoms with Gasteiger partial charge in [0.25, 0.3) is 5.91 Å². The second-order valence-corrected chi connectivity index (χ2v) is 10.4. The van der Waals surface area contributed by atoms with Crippen LogP contribution in [0, 0.1) is 0 Å². The smallest absolute Gasteiger partial charge is 0.252 e. The van der Waals surface area contributed by atoms with Crippen molar-refractivity contribution in [3.05, 3.63) is 60.2 Å². The molecule has 0 aliphatic carbocycles. The number of benzene rings is 2. The van der Waals surface area contributed by atoms with E-state index in [-0.39, 0.29) is 35.1 Å². The highest BCUT2D eigenvalue weighted by molar-refractivity contribution is 8.16. The number of ether oxygens (including phenoxy) is 1. The average Bonchev–Trinajstić information content (AvgIpc) is 3.14. The fraction of sp³-hybridized carbons (Fsp3) is 0.333. The SMILES string of the molecule is CCOc1ccc(N2C(=NC(=O)Cc3ccccc3)S[C@H]3CS(=O)(=O)C[C@@H]32)cc1. The molecule has 6 nitrogen and oxygen atoms in total. The van der Waals surface area contributed by atoms with Gasteiger partial charge in [0.15, 0.2) is 15.0 Å². The lowest BCUT2D eigenvalue weighted by molar-refractivity contribution is -0.117. The monoisotopic (exact) mass is 430 g/mol. The van der Waals surface area contributed by atoms with Gasteiger partial charge in [0.1, 0.15) is 5.75 Å². The predicted octanol–water partition coefficient (Wildman–Crippen LogP) is 2.93. The van der Waals surface area contributed by atoms with Gasteiger partial charge in [-0.15, -0.1) is 0 Å². The van der Waals surface area contributed by atoms with Crippen molar-refractivity contribution in [3.8, 4) is 5.75 Å². The van der Waals surface area contributed by atoms with E-state index in [1.165, 1.54) is 11.8 Å². The number of rotatable bonds is 5. The van der Waals surface area contributed by atoms with E-state index < -0.39 is 9.84 Å². The van der Waals surface area contributed by atoms with Gasteiger partial charge in [-0.05, 0) is 36.8 Å². The molecule has 0 N–H and O–H groups in total. The fourth-order valence-corrected chi connectivity index (χ4v) is 7.58. The number of nitrogens with zero attached hydrogens (tertiary/aromatic N) is 2. The first-order valence-corrected chi connectivity index (χ1v) is 12.2. The number of anilines is 1. The highest BCUT2D eigenvalue weighted by atomic mass is 32.2. The van der Waals surface area contributed by atoms with E-state index in [4.69, 9.17) is 4.74 Å². The molecule has 2 aliphatic heterocycles. The molecule has 0 spiro atoms.